The third kappa shape index (κ3) is 4.69. The van der Waals surface area contributed by atoms with E-state index < -0.39 is 0 Å². The van der Waals surface area contributed by atoms with Gasteiger partial charge in [-0.1, -0.05) is 0 Å². The van der Waals surface area contributed by atoms with E-state index in [9.17, 15) is 9.59 Å². The number of carbonyl (C=O) groups excluding carboxylic acids is 2. The van der Waals surface area contributed by atoms with Crippen LogP contribution in [0.3, 0.4) is 0 Å². The summed E-state index contributed by atoms with van der Waals surface area (Å²) >= 11 is 1.40. The van der Waals surface area contributed by atoms with E-state index in [-0.39, 0.29) is 49.2 Å². The van der Waals surface area contributed by atoms with Gasteiger partial charge in [-0.05, 0) is 12.8 Å². The third-order valence-electron chi connectivity index (χ3n) is 3.76. The van der Waals surface area contributed by atoms with E-state index in [1.165, 1.54) is 11.3 Å². The average molecular weight is 382 g/mol. The van der Waals surface area contributed by atoms with Gasteiger partial charge in [-0.2, -0.15) is 0 Å². The molecule has 130 valence electrons. The molecule has 3 N–H and O–H groups in total. The van der Waals surface area contributed by atoms with Crippen molar-refractivity contribution in [1.29, 1.82) is 0 Å². The maximum atomic E-state index is 12.2. The molecule has 0 bridgehead atoms. The summed E-state index contributed by atoms with van der Waals surface area (Å²) in [7, 11) is 0. The van der Waals surface area contributed by atoms with Crippen LogP contribution in [0.2, 0.25) is 0 Å². The summed E-state index contributed by atoms with van der Waals surface area (Å²) in [6.45, 7) is 2.74. The number of urea groups is 1. The molecule has 0 spiro atoms. The first-order valence-corrected chi connectivity index (χ1v) is 8.04. The Morgan fingerprint density at radius 2 is 2.22 bits per heavy atom. The summed E-state index contributed by atoms with van der Waals surface area (Å²) in [6.07, 6.45) is 2.05. The number of aromatic nitrogens is 1. The monoisotopic (exact) mass is 381 g/mol. The number of rotatable bonds is 3. The Bertz CT molecular complexity index is 556. The fourth-order valence-electron chi connectivity index (χ4n) is 2.59. The number of thiazole rings is 1. The molecule has 7 nitrogen and oxygen atoms in total. The van der Waals surface area contributed by atoms with Gasteiger partial charge in [-0.25, -0.2) is 9.78 Å². The van der Waals surface area contributed by atoms with Crippen molar-refractivity contribution >= 4 is 53.2 Å². The minimum atomic E-state index is -0.112. The molecule has 10 heteroatoms. The van der Waals surface area contributed by atoms with Crippen molar-refractivity contribution in [2.24, 2.45) is 5.73 Å². The lowest BCUT2D eigenvalue weighted by atomic mass is 10.3. The van der Waals surface area contributed by atoms with E-state index in [4.69, 9.17) is 5.73 Å². The molecule has 0 aliphatic carbocycles. The predicted molar refractivity (Wildman–Crippen MR) is 94.8 cm³/mol. The molecule has 0 unspecified atom stereocenters. The molecule has 0 aromatic carbocycles. The van der Waals surface area contributed by atoms with Crippen LogP contribution in [0.5, 0.6) is 0 Å². The zero-order valence-electron chi connectivity index (χ0n) is 12.6. The molecule has 1 atom stereocenters. The SMILES string of the molecule is Cl.Cl.N[C@@H]1CCN(C(=O)Cc2csc(N3CCCNC3=O)n2)C1. The summed E-state index contributed by atoms with van der Waals surface area (Å²) in [6, 6.07) is -0.0176. The first-order chi connectivity index (χ1) is 10.1. The molecular weight excluding hydrogens is 361 g/mol. The number of nitrogens with zero attached hydrogens (tertiary/aromatic N) is 3. The number of hydrogen-bond acceptors (Lipinski definition) is 5. The second kappa shape index (κ2) is 8.68. The van der Waals surface area contributed by atoms with E-state index in [2.05, 4.69) is 10.3 Å². The second-order valence-electron chi connectivity index (χ2n) is 5.42. The number of hydrogen-bond donors (Lipinski definition) is 2. The summed E-state index contributed by atoms with van der Waals surface area (Å²) in [5.41, 5.74) is 6.54. The Labute approximate surface area is 151 Å². The summed E-state index contributed by atoms with van der Waals surface area (Å²) < 4.78 is 0. The lowest BCUT2D eigenvalue weighted by Gasteiger charge is -2.24. The van der Waals surface area contributed by atoms with Gasteiger partial charge in [-0.15, -0.1) is 36.2 Å². The molecular formula is C13H21Cl2N5O2S. The number of likely N-dealkylation sites (tertiary alicyclic amines) is 1. The highest BCUT2D eigenvalue weighted by molar-refractivity contribution is 7.14. The minimum Gasteiger partial charge on any atom is -0.341 e. The number of nitrogens with one attached hydrogen (secondary N) is 1. The number of halogens is 2. The van der Waals surface area contributed by atoms with E-state index in [0.29, 0.717) is 24.8 Å². The van der Waals surface area contributed by atoms with E-state index in [0.717, 1.165) is 25.1 Å². The maximum absolute atomic E-state index is 12.2. The van der Waals surface area contributed by atoms with Gasteiger partial charge in [0, 0.05) is 37.6 Å². The second-order valence-corrected chi connectivity index (χ2v) is 6.26. The van der Waals surface area contributed by atoms with Crippen LogP contribution in [0.4, 0.5) is 9.93 Å². The Hall–Kier alpha value is -1.09. The molecule has 1 aromatic rings. The van der Waals surface area contributed by atoms with Crippen LogP contribution in [0.15, 0.2) is 5.38 Å². The molecule has 1 aromatic heterocycles. The Kier molecular flexibility index (Phi) is 7.53. The van der Waals surface area contributed by atoms with Gasteiger partial charge in [0.2, 0.25) is 5.91 Å². The molecule has 0 saturated carbocycles. The minimum absolute atomic E-state index is 0. The van der Waals surface area contributed by atoms with Gasteiger partial charge >= 0.3 is 6.03 Å². The number of amides is 3. The fourth-order valence-corrected chi connectivity index (χ4v) is 3.44. The van der Waals surface area contributed by atoms with Crippen molar-refractivity contribution in [3.63, 3.8) is 0 Å². The highest BCUT2D eigenvalue weighted by Gasteiger charge is 2.25. The average Bonchev–Trinajstić information content (AvgIpc) is 3.08. The van der Waals surface area contributed by atoms with Crippen LogP contribution in [0.25, 0.3) is 0 Å². The van der Waals surface area contributed by atoms with E-state index >= 15 is 0 Å². The van der Waals surface area contributed by atoms with Crippen molar-refractivity contribution in [3.8, 4) is 0 Å². The highest BCUT2D eigenvalue weighted by atomic mass is 35.5. The highest BCUT2D eigenvalue weighted by Crippen LogP contribution is 2.23. The fraction of sp³-hybridized carbons (Fsp3) is 0.615. The molecule has 3 rings (SSSR count). The van der Waals surface area contributed by atoms with Crippen LogP contribution >= 0.6 is 36.2 Å². The lowest BCUT2D eigenvalue weighted by molar-refractivity contribution is -0.129. The van der Waals surface area contributed by atoms with Crippen molar-refractivity contribution in [2.75, 3.05) is 31.1 Å². The van der Waals surface area contributed by atoms with Crippen LogP contribution in [0.1, 0.15) is 18.5 Å². The maximum Gasteiger partial charge on any atom is 0.323 e. The van der Waals surface area contributed by atoms with Crippen molar-refractivity contribution in [3.05, 3.63) is 11.1 Å². The van der Waals surface area contributed by atoms with Gasteiger partial charge < -0.3 is 16.0 Å². The van der Waals surface area contributed by atoms with Gasteiger partial charge in [0.1, 0.15) is 0 Å². The molecule has 0 radical (unpaired) electrons. The van der Waals surface area contributed by atoms with Gasteiger partial charge in [0.05, 0.1) is 12.1 Å². The van der Waals surface area contributed by atoms with E-state index in [1.54, 1.807) is 9.80 Å². The van der Waals surface area contributed by atoms with Crippen LogP contribution in [-0.2, 0) is 11.2 Å². The standard InChI is InChI=1S/C13H19N5O2S.2ClH/c14-9-2-5-17(7-9)11(19)6-10-8-21-13(16-10)18-4-1-3-15-12(18)20;;/h8-9H,1-7,14H2,(H,15,20);2*1H/t9-;;/m1../s1. The molecule has 2 fully saturated rings. The lowest BCUT2D eigenvalue weighted by Crippen LogP contribution is -2.46. The van der Waals surface area contributed by atoms with E-state index in [1.807, 2.05) is 5.38 Å². The Morgan fingerprint density at radius 3 is 2.87 bits per heavy atom. The van der Waals surface area contributed by atoms with Crippen molar-refractivity contribution in [2.45, 2.75) is 25.3 Å². The molecule has 3 heterocycles. The molecule has 3 amide bonds. The third-order valence-corrected chi connectivity index (χ3v) is 4.67. The van der Waals surface area contributed by atoms with Crippen LogP contribution in [0, 0.1) is 0 Å². The zero-order valence-corrected chi connectivity index (χ0v) is 15.0. The topological polar surface area (TPSA) is 91.6 Å². The number of anilines is 1. The summed E-state index contributed by atoms with van der Waals surface area (Å²) in [4.78, 5) is 31.8. The Balaban J connectivity index is 0.00000132. The van der Waals surface area contributed by atoms with Crippen molar-refractivity contribution < 1.29 is 9.59 Å². The molecule has 2 saturated heterocycles. The van der Waals surface area contributed by atoms with Gasteiger partial charge in [-0.3, -0.25) is 9.69 Å². The molecule has 2 aliphatic rings. The normalized spacial score (nSPS) is 20.6. The van der Waals surface area contributed by atoms with Gasteiger partial charge in [0.15, 0.2) is 5.13 Å². The molecule has 2 aliphatic heterocycles. The van der Waals surface area contributed by atoms with Crippen LogP contribution in [-0.4, -0.2) is 54.0 Å². The van der Waals surface area contributed by atoms with Gasteiger partial charge in [0.25, 0.3) is 0 Å². The first kappa shape index (κ1) is 20.0. The Morgan fingerprint density at radius 1 is 1.43 bits per heavy atom. The number of carbonyl (C=O) groups is 2. The largest absolute Gasteiger partial charge is 0.341 e. The zero-order chi connectivity index (χ0) is 14.8. The van der Waals surface area contributed by atoms with Crippen molar-refractivity contribution in [1.82, 2.24) is 15.2 Å². The predicted octanol–water partition coefficient (Wildman–Crippen LogP) is 1.01. The number of nitrogens with two attached hydrogens (primary N) is 1. The smallest absolute Gasteiger partial charge is 0.323 e. The summed E-state index contributed by atoms with van der Waals surface area (Å²) in [5, 5.41) is 5.31. The quantitative estimate of drug-likeness (QED) is 0.816. The summed E-state index contributed by atoms with van der Waals surface area (Å²) in [5.74, 6) is 0.0582. The molecule has 23 heavy (non-hydrogen) atoms. The first-order valence-electron chi connectivity index (χ1n) is 7.16. The van der Waals surface area contributed by atoms with Crippen LogP contribution < -0.4 is 16.0 Å².